The van der Waals surface area contributed by atoms with Gasteiger partial charge in [-0.05, 0) is 41.5 Å². The van der Waals surface area contributed by atoms with Gasteiger partial charge in [0, 0.05) is 11.8 Å². The van der Waals surface area contributed by atoms with Gasteiger partial charge in [0.2, 0.25) is 16.8 Å². The predicted octanol–water partition coefficient (Wildman–Crippen LogP) is 4.38. The summed E-state index contributed by atoms with van der Waals surface area (Å²) in [6, 6.07) is 13.0. The highest BCUT2D eigenvalue weighted by Gasteiger charge is 2.12. The number of thioether (sulfide) groups is 1. The first-order valence-electron chi connectivity index (χ1n) is 9.30. The second-order valence-corrected chi connectivity index (χ2v) is 8.45. The van der Waals surface area contributed by atoms with Gasteiger partial charge in [0.05, 0.1) is 33.0 Å². The Hall–Kier alpha value is -3.55. The van der Waals surface area contributed by atoms with E-state index in [4.69, 9.17) is 19.5 Å². The van der Waals surface area contributed by atoms with Crippen LogP contribution in [0.3, 0.4) is 0 Å². The van der Waals surface area contributed by atoms with E-state index in [1.807, 2.05) is 12.1 Å². The molecular formula is C22H20N4O4S2. The van der Waals surface area contributed by atoms with Crippen LogP contribution in [0, 0.1) is 11.3 Å². The van der Waals surface area contributed by atoms with Crippen molar-refractivity contribution in [3.63, 3.8) is 0 Å². The molecule has 0 bridgehead atoms. The summed E-state index contributed by atoms with van der Waals surface area (Å²) in [5, 5.41) is 20.1. The standard InChI is InChI=1S/C22H20N4O4S2/c1-28-17-10-16(11-18(29-2)20(17)30-3)8-9-19(27)24-21-25-26-22(32-21)31-13-15-6-4-14(12-23)5-7-15/h4-11H,13H2,1-3H3,(H,24,25,27)/b9-8+. The fraction of sp³-hybridized carbons (Fsp3) is 0.182. The number of ether oxygens (including phenoxy) is 3. The number of nitrogens with one attached hydrogen (secondary N) is 1. The molecule has 10 heteroatoms. The molecule has 3 rings (SSSR count). The molecule has 0 atom stereocenters. The van der Waals surface area contributed by atoms with E-state index in [2.05, 4.69) is 21.6 Å². The molecule has 0 spiro atoms. The zero-order chi connectivity index (χ0) is 22.9. The van der Waals surface area contributed by atoms with Crippen LogP contribution < -0.4 is 19.5 Å². The second kappa shape index (κ2) is 11.2. The summed E-state index contributed by atoms with van der Waals surface area (Å²) in [5.41, 5.74) is 2.41. The smallest absolute Gasteiger partial charge is 0.250 e. The van der Waals surface area contributed by atoms with E-state index in [1.54, 1.807) is 30.3 Å². The zero-order valence-electron chi connectivity index (χ0n) is 17.6. The molecule has 1 aromatic heterocycles. The Morgan fingerprint density at radius 2 is 1.81 bits per heavy atom. The van der Waals surface area contributed by atoms with E-state index in [0.29, 0.717) is 39.3 Å². The average molecular weight is 469 g/mol. The van der Waals surface area contributed by atoms with Gasteiger partial charge < -0.3 is 14.2 Å². The van der Waals surface area contributed by atoms with Gasteiger partial charge in [0.1, 0.15) is 0 Å². The lowest BCUT2D eigenvalue weighted by atomic mass is 10.1. The molecule has 0 aliphatic carbocycles. The number of carbonyl (C=O) groups is 1. The highest BCUT2D eigenvalue weighted by molar-refractivity contribution is 8.00. The minimum atomic E-state index is -0.335. The van der Waals surface area contributed by atoms with Crippen molar-refractivity contribution in [1.82, 2.24) is 10.2 Å². The fourth-order valence-electron chi connectivity index (χ4n) is 2.66. The van der Waals surface area contributed by atoms with Crippen molar-refractivity contribution in [2.24, 2.45) is 0 Å². The molecule has 8 nitrogen and oxygen atoms in total. The summed E-state index contributed by atoms with van der Waals surface area (Å²) >= 11 is 2.80. The molecule has 1 amide bonds. The molecule has 0 unspecified atom stereocenters. The van der Waals surface area contributed by atoms with Crippen molar-refractivity contribution < 1.29 is 19.0 Å². The lowest BCUT2D eigenvalue weighted by Gasteiger charge is -2.12. The first kappa shape index (κ1) is 23.1. The van der Waals surface area contributed by atoms with E-state index in [1.165, 1.54) is 50.5 Å². The number of hydrogen-bond donors (Lipinski definition) is 1. The number of carbonyl (C=O) groups excluding carboxylic acids is 1. The van der Waals surface area contributed by atoms with E-state index in [0.717, 1.165) is 9.90 Å². The maximum Gasteiger partial charge on any atom is 0.250 e. The molecule has 164 valence electrons. The molecule has 1 heterocycles. The van der Waals surface area contributed by atoms with E-state index in [-0.39, 0.29) is 5.91 Å². The Morgan fingerprint density at radius 1 is 1.12 bits per heavy atom. The van der Waals surface area contributed by atoms with Gasteiger partial charge in [-0.15, -0.1) is 10.2 Å². The lowest BCUT2D eigenvalue weighted by molar-refractivity contribution is -0.111. The number of benzene rings is 2. The fourth-order valence-corrected chi connectivity index (χ4v) is 4.37. The van der Waals surface area contributed by atoms with Crippen LogP contribution in [0.5, 0.6) is 17.2 Å². The van der Waals surface area contributed by atoms with Crippen LogP contribution in [-0.4, -0.2) is 37.4 Å². The van der Waals surface area contributed by atoms with Gasteiger partial charge in [-0.1, -0.05) is 35.2 Å². The van der Waals surface area contributed by atoms with Crippen LogP contribution in [0.4, 0.5) is 5.13 Å². The lowest BCUT2D eigenvalue weighted by Crippen LogP contribution is -2.07. The minimum absolute atomic E-state index is 0.335. The number of nitrogens with zero attached hydrogens (tertiary/aromatic N) is 3. The highest BCUT2D eigenvalue weighted by Crippen LogP contribution is 2.38. The molecule has 2 aromatic carbocycles. The summed E-state index contributed by atoms with van der Waals surface area (Å²) in [7, 11) is 4.59. The van der Waals surface area contributed by atoms with Crippen LogP contribution in [0.25, 0.3) is 6.08 Å². The third-order valence-corrected chi connectivity index (χ3v) is 6.24. The van der Waals surface area contributed by atoms with E-state index < -0.39 is 0 Å². The summed E-state index contributed by atoms with van der Waals surface area (Å²) in [6.45, 7) is 0. The van der Waals surface area contributed by atoms with Gasteiger partial charge in [-0.2, -0.15) is 5.26 Å². The number of nitriles is 1. The quantitative estimate of drug-likeness (QED) is 0.280. The van der Waals surface area contributed by atoms with Crippen molar-refractivity contribution in [3.05, 3.63) is 59.2 Å². The molecule has 1 N–H and O–H groups in total. The summed E-state index contributed by atoms with van der Waals surface area (Å²) in [4.78, 5) is 12.3. The van der Waals surface area contributed by atoms with Gasteiger partial charge >= 0.3 is 0 Å². The Kier molecular flexibility index (Phi) is 8.08. The largest absolute Gasteiger partial charge is 0.493 e. The molecule has 0 radical (unpaired) electrons. The molecule has 0 aliphatic heterocycles. The van der Waals surface area contributed by atoms with Crippen LogP contribution in [-0.2, 0) is 10.5 Å². The Balaban J connectivity index is 1.59. The van der Waals surface area contributed by atoms with Crippen molar-refractivity contribution in [1.29, 1.82) is 5.26 Å². The third kappa shape index (κ3) is 6.00. The van der Waals surface area contributed by atoms with E-state index in [9.17, 15) is 4.79 Å². The van der Waals surface area contributed by atoms with Crippen LogP contribution >= 0.6 is 23.1 Å². The molecule has 0 aliphatic rings. The SMILES string of the molecule is COc1cc(/C=C/C(=O)Nc2nnc(SCc3ccc(C#N)cc3)s2)cc(OC)c1OC. The monoisotopic (exact) mass is 468 g/mol. The Morgan fingerprint density at radius 3 is 2.41 bits per heavy atom. The van der Waals surface area contributed by atoms with Gasteiger partial charge in [-0.3, -0.25) is 10.1 Å². The van der Waals surface area contributed by atoms with Gasteiger partial charge in [0.15, 0.2) is 15.8 Å². The second-order valence-electron chi connectivity index (χ2n) is 6.25. The summed E-state index contributed by atoms with van der Waals surface area (Å²) < 4.78 is 16.7. The first-order valence-corrected chi connectivity index (χ1v) is 11.1. The molecular weight excluding hydrogens is 448 g/mol. The summed E-state index contributed by atoms with van der Waals surface area (Å²) in [6.07, 6.45) is 3.03. The van der Waals surface area contributed by atoms with Crippen LogP contribution in [0.1, 0.15) is 16.7 Å². The van der Waals surface area contributed by atoms with E-state index >= 15 is 0 Å². The molecule has 0 fully saturated rings. The van der Waals surface area contributed by atoms with Gasteiger partial charge in [0.25, 0.3) is 0 Å². The normalized spacial score (nSPS) is 10.6. The number of anilines is 1. The molecule has 0 saturated carbocycles. The maximum atomic E-state index is 12.3. The number of rotatable bonds is 9. The van der Waals surface area contributed by atoms with Crippen molar-refractivity contribution >= 4 is 40.2 Å². The topological polar surface area (TPSA) is 106 Å². The highest BCUT2D eigenvalue weighted by atomic mass is 32.2. The maximum absolute atomic E-state index is 12.3. The molecule has 3 aromatic rings. The number of amides is 1. The summed E-state index contributed by atoms with van der Waals surface area (Å²) in [5.74, 6) is 1.84. The van der Waals surface area contributed by atoms with Crippen LogP contribution in [0.15, 0.2) is 46.8 Å². The first-order chi connectivity index (χ1) is 15.6. The number of hydrogen-bond acceptors (Lipinski definition) is 9. The Bertz CT molecular complexity index is 1130. The minimum Gasteiger partial charge on any atom is -0.493 e. The van der Waals surface area contributed by atoms with Crippen molar-refractivity contribution in [2.75, 3.05) is 26.6 Å². The van der Waals surface area contributed by atoms with Crippen LogP contribution in [0.2, 0.25) is 0 Å². The predicted molar refractivity (Wildman–Crippen MR) is 124 cm³/mol. The van der Waals surface area contributed by atoms with Crippen molar-refractivity contribution in [2.45, 2.75) is 10.1 Å². The zero-order valence-corrected chi connectivity index (χ0v) is 19.3. The Labute approximate surface area is 193 Å². The molecule has 32 heavy (non-hydrogen) atoms. The van der Waals surface area contributed by atoms with Crippen molar-refractivity contribution in [3.8, 4) is 23.3 Å². The third-order valence-electron chi connectivity index (χ3n) is 4.20. The van der Waals surface area contributed by atoms with Gasteiger partial charge in [-0.25, -0.2) is 0 Å². The molecule has 0 saturated heterocycles. The number of aromatic nitrogens is 2. The number of methoxy groups -OCH3 is 3. The average Bonchev–Trinajstić information content (AvgIpc) is 3.27.